The summed E-state index contributed by atoms with van der Waals surface area (Å²) in [7, 11) is 0. The van der Waals surface area contributed by atoms with Gasteiger partial charge in [0.1, 0.15) is 6.07 Å². The molecule has 1 fully saturated rings. The van der Waals surface area contributed by atoms with Crippen LogP contribution in [0.4, 0.5) is 0 Å². The first-order valence-corrected chi connectivity index (χ1v) is 8.09. The lowest BCUT2D eigenvalue weighted by Crippen LogP contribution is -2.24. The number of nitrogens with one attached hydrogen (secondary N) is 1. The summed E-state index contributed by atoms with van der Waals surface area (Å²) in [5.41, 5.74) is 2.02. The summed E-state index contributed by atoms with van der Waals surface area (Å²) in [5, 5.41) is 14.2. The second-order valence-corrected chi connectivity index (χ2v) is 6.29. The number of nitrogens with zero attached hydrogens (tertiary/aromatic N) is 1. The maximum Gasteiger partial charge on any atom is 0.100 e. The predicted octanol–water partition coefficient (Wildman–Crippen LogP) is 3.49. The maximum atomic E-state index is 8.83. The molecule has 1 aromatic heterocycles. The molecule has 1 N–H and O–H groups in total. The van der Waals surface area contributed by atoms with E-state index in [1.807, 2.05) is 17.5 Å². The van der Waals surface area contributed by atoms with Crippen molar-refractivity contribution in [3.8, 4) is 6.07 Å². The molecule has 1 aliphatic rings. The number of thiophene rings is 1. The Hall–Kier alpha value is -1.67. The summed E-state index contributed by atoms with van der Waals surface area (Å²) < 4.78 is 5.90. The van der Waals surface area contributed by atoms with Crippen LogP contribution in [0.2, 0.25) is 0 Å². The van der Waals surface area contributed by atoms with Crippen LogP contribution < -0.4 is 5.32 Å². The molecule has 0 spiro atoms. The molecule has 0 bridgehead atoms. The minimum absolute atomic E-state index is 0.205. The molecule has 2 aromatic rings. The van der Waals surface area contributed by atoms with Crippen molar-refractivity contribution in [1.29, 1.82) is 5.26 Å². The lowest BCUT2D eigenvalue weighted by Gasteiger charge is -2.19. The van der Waals surface area contributed by atoms with Crippen molar-refractivity contribution in [3.05, 3.63) is 57.8 Å². The number of nitriles is 1. The number of hydrogen-bond acceptors (Lipinski definition) is 4. The smallest absolute Gasteiger partial charge is 0.100 e. The first kappa shape index (κ1) is 14.3. The number of ether oxygens (including phenoxy) is 1. The molecule has 1 saturated heterocycles. The van der Waals surface area contributed by atoms with Crippen molar-refractivity contribution in [3.63, 3.8) is 0 Å². The summed E-state index contributed by atoms with van der Waals surface area (Å²) in [6.45, 7) is 2.60. The van der Waals surface area contributed by atoms with E-state index in [1.165, 1.54) is 10.4 Å². The minimum atomic E-state index is 0.205. The van der Waals surface area contributed by atoms with Crippen molar-refractivity contribution in [2.45, 2.75) is 19.1 Å². The third-order valence-electron chi connectivity index (χ3n) is 3.83. The Morgan fingerprint density at radius 2 is 2.19 bits per heavy atom. The van der Waals surface area contributed by atoms with Crippen LogP contribution in [0.15, 0.2) is 41.8 Å². The van der Waals surface area contributed by atoms with E-state index in [0.29, 0.717) is 5.92 Å². The van der Waals surface area contributed by atoms with Gasteiger partial charge in [-0.3, -0.25) is 0 Å². The van der Waals surface area contributed by atoms with Crippen LogP contribution in [-0.2, 0) is 11.3 Å². The third kappa shape index (κ3) is 3.51. The zero-order valence-corrected chi connectivity index (χ0v) is 12.6. The second kappa shape index (κ2) is 6.86. The molecular weight excluding hydrogens is 280 g/mol. The number of rotatable bonds is 5. The van der Waals surface area contributed by atoms with Crippen molar-refractivity contribution in [2.75, 3.05) is 13.2 Å². The summed E-state index contributed by atoms with van der Waals surface area (Å²) in [6, 6.07) is 14.6. The van der Waals surface area contributed by atoms with E-state index in [0.717, 1.165) is 31.7 Å². The highest BCUT2D eigenvalue weighted by atomic mass is 32.1. The fraction of sp³-hybridized carbons (Fsp3) is 0.353. The molecule has 4 heteroatoms. The Morgan fingerprint density at radius 3 is 2.95 bits per heavy atom. The normalized spacial score (nSPS) is 21.3. The van der Waals surface area contributed by atoms with Crippen LogP contribution in [-0.4, -0.2) is 13.2 Å². The third-order valence-corrected chi connectivity index (χ3v) is 4.77. The van der Waals surface area contributed by atoms with Crippen molar-refractivity contribution >= 4 is 11.3 Å². The molecule has 108 valence electrons. The Morgan fingerprint density at radius 1 is 1.33 bits per heavy atom. The largest absolute Gasteiger partial charge is 0.373 e. The summed E-state index contributed by atoms with van der Waals surface area (Å²) in [6.07, 6.45) is 1.30. The molecule has 1 aliphatic heterocycles. The van der Waals surface area contributed by atoms with Gasteiger partial charge in [0.2, 0.25) is 0 Å². The van der Waals surface area contributed by atoms with Gasteiger partial charge in [0.05, 0.1) is 11.7 Å². The van der Waals surface area contributed by atoms with Crippen molar-refractivity contribution in [2.24, 2.45) is 5.92 Å². The monoisotopic (exact) mass is 298 g/mol. The fourth-order valence-corrected chi connectivity index (χ4v) is 3.55. The molecule has 0 radical (unpaired) electrons. The van der Waals surface area contributed by atoms with Gasteiger partial charge in [0, 0.05) is 35.9 Å². The molecule has 21 heavy (non-hydrogen) atoms. The van der Waals surface area contributed by atoms with Gasteiger partial charge < -0.3 is 10.1 Å². The van der Waals surface area contributed by atoms with E-state index < -0.39 is 0 Å². The number of benzene rings is 1. The van der Waals surface area contributed by atoms with Crippen LogP contribution in [0.1, 0.15) is 28.5 Å². The fourth-order valence-electron chi connectivity index (χ4n) is 2.77. The average molecular weight is 298 g/mol. The summed E-state index contributed by atoms with van der Waals surface area (Å²) in [5.74, 6) is 0.516. The van der Waals surface area contributed by atoms with E-state index in [-0.39, 0.29) is 6.10 Å². The van der Waals surface area contributed by atoms with Crippen LogP contribution in [0, 0.1) is 17.2 Å². The SMILES string of the molecule is N#Cc1csc(CNC[C@H]2CCO[C@@H]2c2ccccc2)c1. The quantitative estimate of drug-likeness (QED) is 0.919. The lowest BCUT2D eigenvalue weighted by atomic mass is 9.95. The van der Waals surface area contributed by atoms with Gasteiger partial charge in [0.25, 0.3) is 0 Å². The Balaban J connectivity index is 1.54. The highest BCUT2D eigenvalue weighted by Gasteiger charge is 2.28. The van der Waals surface area contributed by atoms with Crippen LogP contribution in [0.5, 0.6) is 0 Å². The number of hydrogen-bond donors (Lipinski definition) is 1. The van der Waals surface area contributed by atoms with Crippen LogP contribution >= 0.6 is 11.3 Å². The van der Waals surface area contributed by atoms with Crippen molar-refractivity contribution < 1.29 is 4.74 Å². The molecule has 0 aliphatic carbocycles. The first-order valence-electron chi connectivity index (χ1n) is 7.21. The van der Waals surface area contributed by atoms with E-state index in [9.17, 15) is 0 Å². The summed E-state index contributed by atoms with van der Waals surface area (Å²) >= 11 is 1.64. The molecule has 2 atom stereocenters. The van der Waals surface area contributed by atoms with Gasteiger partial charge in [-0.1, -0.05) is 30.3 Å². The molecule has 1 aromatic carbocycles. The molecule has 0 saturated carbocycles. The van der Waals surface area contributed by atoms with Gasteiger partial charge in [0.15, 0.2) is 0 Å². The van der Waals surface area contributed by atoms with E-state index in [2.05, 4.69) is 35.7 Å². The Kier molecular flexibility index (Phi) is 4.66. The molecule has 0 amide bonds. The van der Waals surface area contributed by atoms with Crippen molar-refractivity contribution in [1.82, 2.24) is 5.32 Å². The van der Waals surface area contributed by atoms with Crippen LogP contribution in [0.25, 0.3) is 0 Å². The zero-order chi connectivity index (χ0) is 14.5. The topological polar surface area (TPSA) is 45.0 Å². The Bertz CT molecular complexity index is 617. The lowest BCUT2D eigenvalue weighted by molar-refractivity contribution is 0.0904. The van der Waals surface area contributed by atoms with Gasteiger partial charge in [-0.25, -0.2) is 0 Å². The Labute approximate surface area is 129 Å². The van der Waals surface area contributed by atoms with Gasteiger partial charge >= 0.3 is 0 Å². The molecular formula is C17H18N2OS. The second-order valence-electron chi connectivity index (χ2n) is 5.30. The maximum absolute atomic E-state index is 8.83. The minimum Gasteiger partial charge on any atom is -0.373 e. The van der Waals surface area contributed by atoms with Gasteiger partial charge in [-0.15, -0.1) is 11.3 Å². The molecule has 2 heterocycles. The van der Waals surface area contributed by atoms with Crippen LogP contribution in [0.3, 0.4) is 0 Å². The summed E-state index contributed by atoms with van der Waals surface area (Å²) in [4.78, 5) is 1.21. The van der Waals surface area contributed by atoms with Gasteiger partial charge in [-0.2, -0.15) is 5.26 Å². The highest BCUT2D eigenvalue weighted by molar-refractivity contribution is 7.10. The van der Waals surface area contributed by atoms with E-state index >= 15 is 0 Å². The van der Waals surface area contributed by atoms with Gasteiger partial charge in [-0.05, 0) is 18.1 Å². The highest BCUT2D eigenvalue weighted by Crippen LogP contribution is 2.33. The predicted molar refractivity (Wildman–Crippen MR) is 84.0 cm³/mol. The molecule has 3 nitrogen and oxygen atoms in total. The first-order chi connectivity index (χ1) is 10.4. The van der Waals surface area contributed by atoms with E-state index in [1.54, 1.807) is 11.3 Å². The standard InChI is InChI=1S/C17H18N2OS/c18-9-13-8-16(21-12-13)11-19-10-15-6-7-20-17(15)14-4-2-1-3-5-14/h1-5,8,12,15,17,19H,6-7,10-11H2/t15-,17-/m1/s1. The average Bonchev–Trinajstić information content (AvgIpc) is 3.17. The van der Waals surface area contributed by atoms with E-state index in [4.69, 9.17) is 10.00 Å². The zero-order valence-electron chi connectivity index (χ0n) is 11.8. The molecule has 0 unspecified atom stereocenters. The molecule has 3 rings (SSSR count).